The van der Waals surface area contributed by atoms with Gasteiger partial charge >= 0.3 is 0 Å². The zero-order valence-electron chi connectivity index (χ0n) is 16.9. The van der Waals surface area contributed by atoms with E-state index < -0.39 is 0 Å². The number of pyridine rings is 1. The number of hydrogen-bond donors (Lipinski definition) is 1. The van der Waals surface area contributed by atoms with Gasteiger partial charge < -0.3 is 5.32 Å². The highest BCUT2D eigenvalue weighted by Gasteiger charge is 2.39. The molecule has 4 unspecified atom stereocenters. The zero-order chi connectivity index (χ0) is 20.2. The van der Waals surface area contributed by atoms with Crippen molar-refractivity contribution in [2.75, 3.05) is 12.3 Å². The van der Waals surface area contributed by atoms with Gasteiger partial charge in [0.1, 0.15) is 10.8 Å². The molecule has 1 N–H and O–H groups in total. The van der Waals surface area contributed by atoms with Crippen LogP contribution in [0.2, 0.25) is 0 Å². The smallest absolute Gasteiger partial charge is 0.254 e. The summed E-state index contributed by atoms with van der Waals surface area (Å²) in [6, 6.07) is 10.4. The molecule has 1 aromatic heterocycles. The number of benzene rings is 1. The van der Waals surface area contributed by atoms with Crippen molar-refractivity contribution < 1.29 is 9.18 Å². The summed E-state index contributed by atoms with van der Waals surface area (Å²) in [7, 11) is 0. The van der Waals surface area contributed by atoms with Crippen LogP contribution in [0.1, 0.15) is 48.5 Å². The lowest BCUT2D eigenvalue weighted by Crippen LogP contribution is -2.32. The topological polar surface area (TPSA) is 42.0 Å². The number of fused-ring (bicyclic) bond motifs is 2. The third kappa shape index (κ3) is 5.19. The van der Waals surface area contributed by atoms with Crippen LogP contribution in [0, 0.1) is 29.5 Å². The molecule has 2 aliphatic rings. The van der Waals surface area contributed by atoms with E-state index in [0.717, 1.165) is 41.1 Å². The van der Waals surface area contributed by atoms with E-state index in [1.54, 1.807) is 18.0 Å². The van der Waals surface area contributed by atoms with Crippen LogP contribution in [-0.2, 0) is 6.42 Å². The van der Waals surface area contributed by atoms with Gasteiger partial charge in [-0.25, -0.2) is 9.37 Å². The fraction of sp³-hybridized carbons (Fsp3) is 0.500. The molecule has 0 saturated heterocycles. The Balaban J connectivity index is 1.30. The molecule has 0 radical (unpaired) electrons. The van der Waals surface area contributed by atoms with Crippen LogP contribution in [0.4, 0.5) is 4.39 Å². The molecular weight excluding hydrogens is 383 g/mol. The van der Waals surface area contributed by atoms with Crippen molar-refractivity contribution in [3.8, 4) is 0 Å². The quantitative estimate of drug-likeness (QED) is 0.594. The first-order valence-corrected chi connectivity index (χ1v) is 11.7. The molecule has 4 atom stereocenters. The molecule has 5 heteroatoms. The summed E-state index contributed by atoms with van der Waals surface area (Å²) in [5.41, 5.74) is 1.80. The Morgan fingerprint density at radius 3 is 2.79 bits per heavy atom. The molecule has 154 valence electrons. The standard InChI is InChI=1S/C24H29FN2OS/c1-16(11-17-5-8-21(25)9-6-17)15-29-24-22(3-2-10-26-24)23(28)27-14-20-13-18-4-7-19(20)12-18/h2-3,5-6,8-10,16,18-20H,4,7,11-15H2,1H3,(H,27,28). The van der Waals surface area contributed by atoms with Gasteiger partial charge in [-0.15, -0.1) is 11.8 Å². The molecular formula is C24H29FN2OS. The van der Waals surface area contributed by atoms with Crippen LogP contribution in [0.25, 0.3) is 0 Å². The van der Waals surface area contributed by atoms with Gasteiger partial charge in [0.15, 0.2) is 0 Å². The Morgan fingerprint density at radius 1 is 1.24 bits per heavy atom. The Bertz CT molecular complexity index is 841. The fourth-order valence-electron chi connectivity index (χ4n) is 4.93. The summed E-state index contributed by atoms with van der Waals surface area (Å²) in [5, 5.41) is 3.97. The summed E-state index contributed by atoms with van der Waals surface area (Å²) in [4.78, 5) is 17.3. The lowest BCUT2D eigenvalue weighted by Gasteiger charge is -2.22. The average Bonchev–Trinajstić information content (AvgIpc) is 3.36. The van der Waals surface area contributed by atoms with Gasteiger partial charge in [0.2, 0.25) is 0 Å². The van der Waals surface area contributed by atoms with Gasteiger partial charge in [-0.05, 0) is 79.2 Å². The maximum Gasteiger partial charge on any atom is 0.254 e. The van der Waals surface area contributed by atoms with Gasteiger partial charge in [0.25, 0.3) is 5.91 Å². The zero-order valence-corrected chi connectivity index (χ0v) is 17.8. The van der Waals surface area contributed by atoms with Crippen LogP contribution in [0.5, 0.6) is 0 Å². The normalized spacial score (nSPS) is 23.9. The first-order valence-electron chi connectivity index (χ1n) is 10.7. The van der Waals surface area contributed by atoms with E-state index in [-0.39, 0.29) is 11.7 Å². The lowest BCUT2D eigenvalue weighted by atomic mass is 9.89. The third-order valence-electron chi connectivity index (χ3n) is 6.43. The molecule has 2 aliphatic carbocycles. The van der Waals surface area contributed by atoms with Crippen LogP contribution in [0.15, 0.2) is 47.6 Å². The largest absolute Gasteiger partial charge is 0.352 e. The van der Waals surface area contributed by atoms with Crippen LogP contribution < -0.4 is 5.32 Å². The minimum atomic E-state index is -0.203. The Kier molecular flexibility index (Phi) is 6.53. The molecule has 1 heterocycles. The fourth-order valence-corrected chi connectivity index (χ4v) is 5.94. The number of thioether (sulfide) groups is 1. The molecule has 4 rings (SSSR count). The molecule has 1 amide bonds. The van der Waals surface area contributed by atoms with Crippen LogP contribution in [-0.4, -0.2) is 23.2 Å². The van der Waals surface area contributed by atoms with Crippen molar-refractivity contribution >= 4 is 17.7 Å². The summed E-state index contributed by atoms with van der Waals surface area (Å²) in [6.45, 7) is 2.97. The number of carbonyl (C=O) groups excluding carboxylic acids is 1. The molecule has 29 heavy (non-hydrogen) atoms. The maximum absolute atomic E-state index is 13.1. The number of amides is 1. The first kappa shape index (κ1) is 20.4. The molecule has 0 spiro atoms. The summed E-state index contributed by atoms with van der Waals surface area (Å²) < 4.78 is 13.1. The van der Waals surface area contributed by atoms with Crippen molar-refractivity contribution in [2.45, 2.75) is 44.1 Å². The third-order valence-corrected chi connectivity index (χ3v) is 7.76. The Morgan fingerprint density at radius 2 is 2.07 bits per heavy atom. The molecule has 0 aliphatic heterocycles. The highest BCUT2D eigenvalue weighted by molar-refractivity contribution is 7.99. The molecule has 2 bridgehead atoms. The summed E-state index contributed by atoms with van der Waals surface area (Å²) in [6.07, 6.45) is 7.99. The van der Waals surface area contributed by atoms with Crippen molar-refractivity contribution in [3.05, 3.63) is 59.5 Å². The number of nitrogens with one attached hydrogen (secondary N) is 1. The molecule has 1 aromatic carbocycles. The van der Waals surface area contributed by atoms with Crippen molar-refractivity contribution in [3.63, 3.8) is 0 Å². The van der Waals surface area contributed by atoms with E-state index in [9.17, 15) is 9.18 Å². The first-order chi connectivity index (χ1) is 14.1. The van der Waals surface area contributed by atoms with Crippen LogP contribution >= 0.6 is 11.8 Å². The average molecular weight is 413 g/mol. The lowest BCUT2D eigenvalue weighted by molar-refractivity contribution is 0.0938. The van der Waals surface area contributed by atoms with Crippen molar-refractivity contribution in [1.82, 2.24) is 10.3 Å². The monoisotopic (exact) mass is 412 g/mol. The number of carbonyl (C=O) groups is 1. The van der Waals surface area contributed by atoms with E-state index >= 15 is 0 Å². The number of nitrogens with zero attached hydrogens (tertiary/aromatic N) is 1. The number of hydrogen-bond acceptors (Lipinski definition) is 3. The van der Waals surface area contributed by atoms with Gasteiger partial charge in [-0.2, -0.15) is 0 Å². The van der Waals surface area contributed by atoms with Gasteiger partial charge in [-0.1, -0.05) is 25.5 Å². The van der Waals surface area contributed by atoms with Gasteiger partial charge in [0.05, 0.1) is 5.56 Å². The minimum absolute atomic E-state index is 0.00504. The predicted octanol–water partition coefficient (Wildman–Crippen LogP) is 5.36. The second-order valence-corrected chi connectivity index (χ2v) is 9.76. The Labute approximate surface area is 176 Å². The van der Waals surface area contributed by atoms with Crippen molar-refractivity contribution in [1.29, 1.82) is 0 Å². The highest BCUT2D eigenvalue weighted by atomic mass is 32.2. The van der Waals surface area contributed by atoms with E-state index in [4.69, 9.17) is 0 Å². The van der Waals surface area contributed by atoms with E-state index in [1.165, 1.54) is 37.8 Å². The number of halogens is 1. The van der Waals surface area contributed by atoms with E-state index in [1.807, 2.05) is 24.3 Å². The van der Waals surface area contributed by atoms with Gasteiger partial charge in [0, 0.05) is 18.5 Å². The second kappa shape index (κ2) is 9.29. The SMILES string of the molecule is CC(CSc1ncccc1C(=O)NCC1CC2CCC1C2)Cc1ccc(F)cc1. The summed E-state index contributed by atoms with van der Waals surface area (Å²) >= 11 is 1.63. The number of rotatable bonds is 8. The summed E-state index contributed by atoms with van der Waals surface area (Å²) in [5.74, 6) is 3.42. The second-order valence-electron chi connectivity index (χ2n) is 8.75. The van der Waals surface area contributed by atoms with E-state index in [2.05, 4.69) is 17.2 Å². The maximum atomic E-state index is 13.1. The molecule has 2 saturated carbocycles. The van der Waals surface area contributed by atoms with Gasteiger partial charge in [-0.3, -0.25) is 4.79 Å². The Hall–Kier alpha value is -1.88. The predicted molar refractivity (Wildman–Crippen MR) is 116 cm³/mol. The van der Waals surface area contributed by atoms with E-state index in [0.29, 0.717) is 17.4 Å². The molecule has 2 aromatic rings. The van der Waals surface area contributed by atoms with Crippen LogP contribution in [0.3, 0.4) is 0 Å². The minimum Gasteiger partial charge on any atom is -0.352 e. The number of aromatic nitrogens is 1. The van der Waals surface area contributed by atoms with Crippen molar-refractivity contribution in [2.24, 2.45) is 23.7 Å². The highest BCUT2D eigenvalue weighted by Crippen LogP contribution is 2.47. The molecule has 3 nitrogen and oxygen atoms in total. The molecule has 2 fully saturated rings.